The molecule has 1 aliphatic rings. The number of allylic oxidation sites excluding steroid dienone is 2. The second-order valence-corrected chi connectivity index (χ2v) is 4.84. The van der Waals surface area contributed by atoms with E-state index in [1.807, 2.05) is 0 Å². The highest BCUT2D eigenvalue weighted by molar-refractivity contribution is 7.87. The summed E-state index contributed by atoms with van der Waals surface area (Å²) in [4.78, 5) is 0. The Bertz CT molecular complexity index is 338. The van der Waals surface area contributed by atoms with E-state index < -0.39 is 14.9 Å². The lowest BCUT2D eigenvalue weighted by Gasteiger charge is -2.22. The van der Waals surface area contributed by atoms with Gasteiger partial charge in [-0.1, -0.05) is 6.08 Å². The van der Waals surface area contributed by atoms with E-state index in [2.05, 4.69) is 0 Å². The standard InChI is InChI=1S/C7H10O4S/c1-7(12(9,10)11)4-2-6(8)3-5-7/h2-4,8H,5H2,1H3,(H,9,10,11). The average molecular weight is 190 g/mol. The van der Waals surface area contributed by atoms with Crippen LogP contribution in [0.15, 0.2) is 24.0 Å². The van der Waals surface area contributed by atoms with E-state index in [4.69, 9.17) is 9.66 Å². The van der Waals surface area contributed by atoms with Crippen LogP contribution in [0.25, 0.3) is 0 Å². The van der Waals surface area contributed by atoms with Crippen LogP contribution in [0.4, 0.5) is 0 Å². The first-order valence-electron chi connectivity index (χ1n) is 3.40. The maximum atomic E-state index is 10.8. The smallest absolute Gasteiger partial charge is 0.274 e. The molecule has 0 fully saturated rings. The van der Waals surface area contributed by atoms with Crippen LogP contribution < -0.4 is 0 Å². The molecule has 0 bridgehead atoms. The van der Waals surface area contributed by atoms with Gasteiger partial charge in [-0.25, -0.2) is 0 Å². The minimum absolute atomic E-state index is 0.0242. The third-order valence-corrected chi connectivity index (χ3v) is 3.39. The minimum atomic E-state index is -4.09. The number of hydrogen-bond donors (Lipinski definition) is 2. The zero-order valence-electron chi connectivity index (χ0n) is 6.56. The summed E-state index contributed by atoms with van der Waals surface area (Å²) in [5, 5.41) is 8.90. The van der Waals surface area contributed by atoms with Crippen molar-refractivity contribution in [3.05, 3.63) is 24.0 Å². The molecule has 0 aromatic heterocycles. The van der Waals surface area contributed by atoms with Crippen LogP contribution in [-0.4, -0.2) is 22.8 Å². The predicted molar refractivity (Wildman–Crippen MR) is 44.4 cm³/mol. The van der Waals surface area contributed by atoms with Crippen LogP contribution in [0.3, 0.4) is 0 Å². The first-order chi connectivity index (χ1) is 5.35. The van der Waals surface area contributed by atoms with E-state index in [1.54, 1.807) is 0 Å². The highest BCUT2D eigenvalue weighted by atomic mass is 32.2. The summed E-state index contributed by atoms with van der Waals surface area (Å²) in [7, 11) is -4.09. The van der Waals surface area contributed by atoms with Crippen LogP contribution in [0.1, 0.15) is 13.3 Å². The Kier molecular flexibility index (Phi) is 2.01. The number of rotatable bonds is 1. The quantitative estimate of drug-likeness (QED) is 0.606. The van der Waals surface area contributed by atoms with Gasteiger partial charge in [0.1, 0.15) is 10.5 Å². The number of aliphatic hydroxyl groups excluding tert-OH is 1. The van der Waals surface area contributed by atoms with Gasteiger partial charge in [-0.05, 0) is 25.5 Å². The highest BCUT2D eigenvalue weighted by Crippen LogP contribution is 2.26. The van der Waals surface area contributed by atoms with Crippen LogP contribution in [-0.2, 0) is 10.1 Å². The number of aliphatic hydroxyl groups is 1. The first kappa shape index (κ1) is 9.28. The van der Waals surface area contributed by atoms with Crippen LogP contribution in [0.5, 0.6) is 0 Å². The molecule has 4 nitrogen and oxygen atoms in total. The first-order valence-corrected chi connectivity index (χ1v) is 4.84. The summed E-state index contributed by atoms with van der Waals surface area (Å²) < 4.78 is 29.1. The predicted octanol–water partition coefficient (Wildman–Crippen LogP) is 1.03. The Hall–Kier alpha value is -0.810. The van der Waals surface area contributed by atoms with Crippen molar-refractivity contribution >= 4 is 10.1 Å². The van der Waals surface area contributed by atoms with E-state index in [1.165, 1.54) is 25.2 Å². The largest absolute Gasteiger partial charge is 0.508 e. The highest BCUT2D eigenvalue weighted by Gasteiger charge is 2.35. The van der Waals surface area contributed by atoms with Crippen molar-refractivity contribution in [2.45, 2.75) is 18.1 Å². The molecular formula is C7H10O4S. The summed E-state index contributed by atoms with van der Waals surface area (Å²) >= 11 is 0. The summed E-state index contributed by atoms with van der Waals surface area (Å²) in [6.45, 7) is 1.39. The molecule has 1 rings (SSSR count). The zero-order valence-corrected chi connectivity index (χ0v) is 7.37. The Morgan fingerprint density at radius 3 is 2.50 bits per heavy atom. The lowest BCUT2D eigenvalue weighted by Crippen LogP contribution is -2.33. The van der Waals surface area contributed by atoms with Gasteiger partial charge in [-0.15, -0.1) is 0 Å². The van der Waals surface area contributed by atoms with Crippen molar-refractivity contribution in [1.82, 2.24) is 0 Å². The van der Waals surface area contributed by atoms with Gasteiger partial charge in [-0.3, -0.25) is 4.55 Å². The Morgan fingerprint density at radius 2 is 2.17 bits per heavy atom. The zero-order chi connectivity index (χ0) is 9.41. The van der Waals surface area contributed by atoms with Gasteiger partial charge >= 0.3 is 0 Å². The second-order valence-electron chi connectivity index (χ2n) is 2.95. The topological polar surface area (TPSA) is 74.6 Å². The minimum Gasteiger partial charge on any atom is -0.508 e. The van der Waals surface area contributed by atoms with Gasteiger partial charge in [0.2, 0.25) is 0 Å². The van der Waals surface area contributed by atoms with E-state index in [0.717, 1.165) is 0 Å². The van der Waals surface area contributed by atoms with Gasteiger partial charge in [0.05, 0.1) is 0 Å². The van der Waals surface area contributed by atoms with Crippen molar-refractivity contribution in [3.63, 3.8) is 0 Å². The van der Waals surface area contributed by atoms with Crippen LogP contribution in [0, 0.1) is 0 Å². The second kappa shape index (κ2) is 2.60. The molecule has 1 aliphatic carbocycles. The van der Waals surface area contributed by atoms with E-state index in [0.29, 0.717) is 0 Å². The van der Waals surface area contributed by atoms with Crippen LogP contribution in [0.2, 0.25) is 0 Å². The molecule has 0 aromatic rings. The molecule has 0 spiro atoms. The number of hydrogen-bond acceptors (Lipinski definition) is 3. The summed E-state index contributed by atoms with van der Waals surface area (Å²) in [5.41, 5.74) is 0. The lowest BCUT2D eigenvalue weighted by molar-refractivity contribution is 0.416. The maximum Gasteiger partial charge on any atom is 0.274 e. The average Bonchev–Trinajstić information content (AvgIpc) is 1.93. The molecule has 0 radical (unpaired) electrons. The molecule has 0 aromatic carbocycles. The Balaban J connectivity index is 3.02. The summed E-state index contributed by atoms with van der Waals surface area (Å²) in [6.07, 6.45) is 3.98. The van der Waals surface area contributed by atoms with Crippen molar-refractivity contribution in [3.8, 4) is 0 Å². The Labute approximate surface area is 71.0 Å². The van der Waals surface area contributed by atoms with E-state index >= 15 is 0 Å². The molecular weight excluding hydrogens is 180 g/mol. The molecule has 5 heteroatoms. The van der Waals surface area contributed by atoms with Crippen molar-refractivity contribution < 1.29 is 18.1 Å². The molecule has 0 saturated carbocycles. The molecule has 0 amide bonds. The van der Waals surface area contributed by atoms with E-state index in [9.17, 15) is 8.42 Å². The lowest BCUT2D eigenvalue weighted by atomic mass is 10.0. The molecule has 0 aliphatic heterocycles. The van der Waals surface area contributed by atoms with E-state index in [-0.39, 0.29) is 12.2 Å². The molecule has 0 heterocycles. The fourth-order valence-electron chi connectivity index (χ4n) is 0.896. The van der Waals surface area contributed by atoms with Crippen molar-refractivity contribution in [1.29, 1.82) is 0 Å². The van der Waals surface area contributed by atoms with Gasteiger partial charge in [0.15, 0.2) is 0 Å². The molecule has 2 N–H and O–H groups in total. The molecule has 1 atom stereocenters. The maximum absolute atomic E-state index is 10.8. The van der Waals surface area contributed by atoms with Gasteiger partial charge in [-0.2, -0.15) is 8.42 Å². The normalized spacial score (nSPS) is 30.0. The summed E-state index contributed by atoms with van der Waals surface area (Å²) in [6, 6.07) is 0. The molecule has 12 heavy (non-hydrogen) atoms. The van der Waals surface area contributed by atoms with Crippen molar-refractivity contribution in [2.24, 2.45) is 0 Å². The Morgan fingerprint density at radius 1 is 1.58 bits per heavy atom. The molecule has 68 valence electrons. The third-order valence-electron chi connectivity index (χ3n) is 1.91. The fraction of sp³-hybridized carbons (Fsp3) is 0.429. The van der Waals surface area contributed by atoms with Gasteiger partial charge in [0.25, 0.3) is 10.1 Å². The molecule has 0 saturated heterocycles. The molecule has 1 unspecified atom stereocenters. The fourth-order valence-corrected chi connectivity index (χ4v) is 1.43. The third kappa shape index (κ3) is 1.51. The van der Waals surface area contributed by atoms with Crippen molar-refractivity contribution in [2.75, 3.05) is 0 Å². The monoisotopic (exact) mass is 190 g/mol. The SMILES string of the molecule is CC1(S(=O)(=O)O)C=CC(O)=CC1. The van der Waals surface area contributed by atoms with Gasteiger partial charge < -0.3 is 5.11 Å². The van der Waals surface area contributed by atoms with Crippen LogP contribution >= 0.6 is 0 Å². The summed E-state index contributed by atoms with van der Waals surface area (Å²) in [5.74, 6) is 0.0242. The van der Waals surface area contributed by atoms with Gasteiger partial charge in [0, 0.05) is 0 Å².